The first kappa shape index (κ1) is 73.6. The van der Waals surface area contributed by atoms with E-state index in [-0.39, 0.29) is 5.82 Å². The molecule has 5 saturated carbocycles. The van der Waals surface area contributed by atoms with Crippen molar-refractivity contribution in [1.29, 1.82) is 15.8 Å². The van der Waals surface area contributed by atoms with E-state index in [2.05, 4.69) is 133 Å². The van der Waals surface area contributed by atoms with Crippen LogP contribution in [0.4, 0.5) is 31.4 Å². The molecule has 514 valence electrons. The molecular formula is C78H85BBr2IN9O8. The van der Waals surface area contributed by atoms with E-state index in [0.29, 0.717) is 41.0 Å². The van der Waals surface area contributed by atoms with Crippen LogP contribution in [-0.4, -0.2) is 66.0 Å². The van der Waals surface area contributed by atoms with Gasteiger partial charge in [0.1, 0.15) is 35.0 Å². The molecule has 17 nitrogen and oxygen atoms in total. The largest absolute Gasteiger partial charge is 0.454 e. The normalized spacial score (nSPS) is 15.1. The molecule has 14 rings (SSSR count). The zero-order valence-corrected chi connectivity index (χ0v) is 62.8. The molecule has 5 aliphatic rings. The maximum absolute atomic E-state index is 12.1. The number of halogens is 3. The fourth-order valence-electron chi connectivity index (χ4n) is 12.0. The Balaban J connectivity index is 0.000000145. The Kier molecular flexibility index (Phi) is 23.5. The van der Waals surface area contributed by atoms with Crippen LogP contribution < -0.4 is 16.0 Å². The second-order valence-electron chi connectivity index (χ2n) is 28.9. The van der Waals surface area contributed by atoms with Crippen molar-refractivity contribution in [1.82, 2.24) is 13.7 Å². The van der Waals surface area contributed by atoms with Crippen LogP contribution in [0.3, 0.4) is 0 Å². The Hall–Kier alpha value is -8.11. The second kappa shape index (κ2) is 31.6. The van der Waals surface area contributed by atoms with Crippen molar-refractivity contribution in [2.24, 2.45) is 0 Å². The minimum absolute atomic E-state index is 0.213. The number of nitriles is 3. The Morgan fingerprint density at radius 3 is 1.22 bits per heavy atom. The molecule has 5 fully saturated rings. The second-order valence-corrected chi connectivity index (χ2v) is 32.0. The average molecular weight is 1570 g/mol. The molecule has 5 aliphatic carbocycles. The van der Waals surface area contributed by atoms with Gasteiger partial charge in [0.2, 0.25) is 0 Å². The van der Waals surface area contributed by atoms with Crippen molar-refractivity contribution in [3.63, 3.8) is 0 Å². The SMILES string of the molecule is CC(C)(C)OC(=O)Nc1ccc(-c2c(C#N)c3ccc(Br)cc3n2C2CCC2)cc1.CC(C)(C)OC(=O)Nc1ccc(-c2c(C#N)c3ccc(C4CC4)cc3n2C2CCC2)cc1.CC(C)(C)OC(=O)Nc1ccc(I)cc1.N#Cc1cn(C2CCC2)c2cc(Br)ccc12.OB(O)C1CC1. The van der Waals surface area contributed by atoms with E-state index in [0.717, 1.165) is 112 Å². The highest BCUT2D eigenvalue weighted by atomic mass is 127. The Morgan fingerprint density at radius 2 is 0.879 bits per heavy atom. The van der Waals surface area contributed by atoms with Crippen molar-refractivity contribution < 1.29 is 38.6 Å². The van der Waals surface area contributed by atoms with Crippen LogP contribution in [-0.2, 0) is 14.2 Å². The van der Waals surface area contributed by atoms with Gasteiger partial charge in [-0.3, -0.25) is 16.0 Å². The van der Waals surface area contributed by atoms with E-state index in [1.807, 2.05) is 166 Å². The van der Waals surface area contributed by atoms with Gasteiger partial charge in [-0.15, -0.1) is 0 Å². The van der Waals surface area contributed by atoms with Gasteiger partial charge < -0.3 is 38.0 Å². The molecule has 0 unspecified atom stereocenters. The van der Waals surface area contributed by atoms with Crippen LogP contribution in [0.1, 0.15) is 192 Å². The summed E-state index contributed by atoms with van der Waals surface area (Å²) in [6, 6.07) is 50.3. The number of rotatable bonds is 10. The molecule has 0 saturated heterocycles. The molecule has 3 heterocycles. The molecule has 0 radical (unpaired) electrons. The summed E-state index contributed by atoms with van der Waals surface area (Å²) in [5.41, 5.74) is 11.4. The summed E-state index contributed by atoms with van der Waals surface area (Å²) < 4.78 is 26.0. The maximum Gasteiger partial charge on any atom is 0.454 e. The van der Waals surface area contributed by atoms with Crippen LogP contribution in [0, 0.1) is 37.6 Å². The molecule has 0 atom stereocenters. The van der Waals surface area contributed by atoms with Gasteiger partial charge in [-0.25, -0.2) is 14.4 Å². The Morgan fingerprint density at radius 1 is 0.495 bits per heavy atom. The summed E-state index contributed by atoms with van der Waals surface area (Å²) in [7, 11) is -1.04. The van der Waals surface area contributed by atoms with Gasteiger partial charge in [-0.05, 0) is 263 Å². The fourth-order valence-corrected chi connectivity index (χ4v) is 13.1. The van der Waals surface area contributed by atoms with Crippen molar-refractivity contribution in [3.8, 4) is 40.7 Å². The number of nitrogens with one attached hydrogen (secondary N) is 3. The topological polar surface area (TPSA) is 242 Å². The zero-order valence-electron chi connectivity index (χ0n) is 57.5. The molecule has 0 aliphatic heterocycles. The van der Waals surface area contributed by atoms with Crippen LogP contribution in [0.5, 0.6) is 0 Å². The lowest BCUT2D eigenvalue weighted by Crippen LogP contribution is -2.27. The third-order valence-corrected chi connectivity index (χ3v) is 19.4. The average Bonchev–Trinajstić information content (AvgIpc) is 1.60. The summed E-state index contributed by atoms with van der Waals surface area (Å²) >= 11 is 9.27. The van der Waals surface area contributed by atoms with Gasteiger partial charge in [0.05, 0.1) is 44.6 Å². The van der Waals surface area contributed by atoms with Gasteiger partial charge in [-0.2, -0.15) is 15.8 Å². The number of benzene rings is 6. The monoisotopic (exact) mass is 1570 g/mol. The highest BCUT2D eigenvalue weighted by Gasteiger charge is 2.34. The molecule has 3 aromatic heterocycles. The molecule has 0 bridgehead atoms. The van der Waals surface area contributed by atoms with Gasteiger partial charge >= 0.3 is 25.4 Å². The van der Waals surface area contributed by atoms with E-state index in [9.17, 15) is 24.9 Å². The van der Waals surface area contributed by atoms with Gasteiger partial charge in [0.25, 0.3) is 0 Å². The summed E-state index contributed by atoms with van der Waals surface area (Å²) in [5.74, 6) is 0.890. The Bertz CT molecular complexity index is 4520. The molecule has 99 heavy (non-hydrogen) atoms. The number of carbonyl (C=O) groups excluding carboxylic acids is 3. The van der Waals surface area contributed by atoms with Crippen molar-refractivity contribution in [3.05, 3.63) is 168 Å². The first-order chi connectivity index (χ1) is 47.1. The molecule has 9 aromatic rings. The van der Waals surface area contributed by atoms with Crippen LogP contribution >= 0.6 is 54.5 Å². The first-order valence-electron chi connectivity index (χ1n) is 33.9. The minimum atomic E-state index is -1.04. The quantitative estimate of drug-likeness (QED) is 0.0490. The number of fused-ring (bicyclic) bond motifs is 3. The lowest BCUT2D eigenvalue weighted by atomic mass is 9.84. The van der Waals surface area contributed by atoms with E-state index >= 15 is 0 Å². The van der Waals surface area contributed by atoms with E-state index < -0.39 is 42.2 Å². The number of carbonyl (C=O) groups is 3. The summed E-state index contributed by atoms with van der Waals surface area (Å²) in [4.78, 5) is 35.5. The summed E-state index contributed by atoms with van der Waals surface area (Å²) in [6.07, 6.45) is 15.9. The zero-order chi connectivity index (χ0) is 71.1. The van der Waals surface area contributed by atoms with Crippen LogP contribution in [0.15, 0.2) is 143 Å². The van der Waals surface area contributed by atoms with Gasteiger partial charge in [0.15, 0.2) is 0 Å². The lowest BCUT2D eigenvalue weighted by Gasteiger charge is -2.30. The van der Waals surface area contributed by atoms with E-state index in [1.165, 1.54) is 61.5 Å². The van der Waals surface area contributed by atoms with Gasteiger partial charge in [-0.1, -0.05) is 93.2 Å². The predicted molar refractivity (Wildman–Crippen MR) is 409 cm³/mol. The number of aromatic nitrogens is 3. The molecular weight excluding hydrogens is 1490 g/mol. The molecule has 0 spiro atoms. The predicted octanol–water partition coefficient (Wildman–Crippen LogP) is 21.4. The van der Waals surface area contributed by atoms with Gasteiger partial charge in [0, 0.05) is 70.1 Å². The number of amides is 3. The number of hydrogen-bond donors (Lipinski definition) is 5. The number of anilines is 3. The fraction of sp³-hybridized carbons (Fsp3) is 0.385. The first-order valence-corrected chi connectivity index (χ1v) is 36.6. The lowest BCUT2D eigenvalue weighted by molar-refractivity contribution is 0.0624. The third kappa shape index (κ3) is 19.3. The maximum atomic E-state index is 12.1. The highest BCUT2D eigenvalue weighted by molar-refractivity contribution is 14.1. The number of nitrogens with zero attached hydrogens (tertiary/aromatic N) is 6. The number of hydrogen-bond acceptors (Lipinski definition) is 11. The smallest absolute Gasteiger partial charge is 0.444 e. The van der Waals surface area contributed by atoms with E-state index in [1.54, 1.807) is 0 Å². The molecule has 21 heteroatoms. The van der Waals surface area contributed by atoms with Crippen LogP contribution in [0.25, 0.3) is 55.2 Å². The minimum Gasteiger partial charge on any atom is -0.444 e. The molecule has 5 N–H and O–H groups in total. The molecule has 6 aromatic carbocycles. The summed E-state index contributed by atoms with van der Waals surface area (Å²) in [5, 5.41) is 57.0. The third-order valence-electron chi connectivity index (χ3n) is 17.7. The van der Waals surface area contributed by atoms with Crippen LogP contribution in [0.2, 0.25) is 5.82 Å². The standard InChI is InChI=1S/C27H29N3O2.C24H24BrN3O2.C13H11BrN2.C11H14INO2.C3H7BO2/c1-27(2,3)32-26(31)29-20-12-9-18(10-13-20)25-23(16-28)22-14-11-19(17-7-8-17)15-24(22)30(25)21-5-4-6-21;1-24(2,3)30-23(29)27-17-10-7-15(8-11-17)22-20(14-26)19-12-9-16(25)13-21(19)28(22)18-5-4-6-18;14-10-4-5-12-9(7-15)8-16(13(12)6-10)11-2-1-3-11;1-11(2,3)15-10(14)13-9-6-4-8(12)5-7-9;5-4(6)3-1-2-3/h9-15,17,21H,4-8H2,1-3H3,(H,29,31);7-13,18H,4-6H2,1-3H3,(H,27,29);4-6,8,11H,1-3H2;4-7H,1-3H3,(H,13,14);3,5-6H,1-2H2. The Labute approximate surface area is 610 Å². The van der Waals surface area contributed by atoms with Crippen molar-refractivity contribution in [2.75, 3.05) is 16.0 Å². The van der Waals surface area contributed by atoms with E-state index in [4.69, 9.17) is 29.5 Å². The molecule has 3 amide bonds. The summed E-state index contributed by atoms with van der Waals surface area (Å²) in [6.45, 7) is 16.5. The number of ether oxygens (including phenoxy) is 3. The highest BCUT2D eigenvalue weighted by Crippen LogP contribution is 2.47. The van der Waals surface area contributed by atoms with Crippen molar-refractivity contribution >= 4 is 130 Å². The van der Waals surface area contributed by atoms with Crippen molar-refractivity contribution in [2.45, 2.75) is 192 Å².